The fourth-order valence-electron chi connectivity index (χ4n) is 1.84. The number of hydrogen-bond donors (Lipinski definition) is 1. The molecule has 3 rings (SSSR count). The van der Waals surface area contributed by atoms with Crippen molar-refractivity contribution >= 4 is 0 Å². The van der Waals surface area contributed by atoms with Gasteiger partial charge >= 0.3 is 0 Å². The highest BCUT2D eigenvalue weighted by atomic mass is 16.5. The van der Waals surface area contributed by atoms with E-state index in [1.807, 2.05) is 30.3 Å². The lowest BCUT2D eigenvalue weighted by atomic mass is 10.1. The first-order chi connectivity index (χ1) is 9.36. The zero-order valence-electron chi connectivity index (χ0n) is 10.4. The number of aromatic nitrogens is 4. The third kappa shape index (κ3) is 2.30. The fourth-order valence-corrected chi connectivity index (χ4v) is 1.84. The van der Waals surface area contributed by atoms with Gasteiger partial charge in [-0.25, -0.2) is 4.98 Å². The summed E-state index contributed by atoms with van der Waals surface area (Å²) < 4.78 is 5.11. The minimum Gasteiger partial charge on any atom is -0.481 e. The number of rotatable bonds is 3. The van der Waals surface area contributed by atoms with Crippen molar-refractivity contribution < 1.29 is 4.74 Å². The Bertz CT molecular complexity index is 679. The van der Waals surface area contributed by atoms with E-state index in [9.17, 15) is 0 Å². The molecule has 5 nitrogen and oxygen atoms in total. The number of benzene rings is 1. The van der Waals surface area contributed by atoms with Crippen molar-refractivity contribution in [1.82, 2.24) is 20.2 Å². The molecular weight excluding hydrogens is 240 g/mol. The molecule has 0 aliphatic heterocycles. The normalized spacial score (nSPS) is 10.4. The molecule has 0 radical (unpaired) electrons. The Labute approximate surface area is 110 Å². The van der Waals surface area contributed by atoms with Gasteiger partial charge in [-0.2, -0.15) is 10.1 Å². The SMILES string of the molecule is COc1ccnc(-c2cccc(-c3ccn[nH]3)c2)n1. The molecule has 0 fully saturated rings. The van der Waals surface area contributed by atoms with E-state index in [4.69, 9.17) is 4.74 Å². The minimum absolute atomic E-state index is 0.553. The maximum absolute atomic E-state index is 5.11. The Kier molecular flexibility index (Phi) is 2.94. The van der Waals surface area contributed by atoms with Crippen LogP contribution in [0.5, 0.6) is 5.88 Å². The summed E-state index contributed by atoms with van der Waals surface area (Å²) in [5.74, 6) is 1.19. The second-order valence-electron chi connectivity index (χ2n) is 3.97. The molecule has 2 aromatic heterocycles. The van der Waals surface area contributed by atoms with E-state index in [0.29, 0.717) is 11.7 Å². The largest absolute Gasteiger partial charge is 0.481 e. The Morgan fingerprint density at radius 3 is 2.74 bits per heavy atom. The highest BCUT2D eigenvalue weighted by Gasteiger charge is 2.05. The molecule has 0 saturated heterocycles. The first-order valence-electron chi connectivity index (χ1n) is 5.84. The van der Waals surface area contributed by atoms with Gasteiger partial charge in [0.1, 0.15) is 0 Å². The van der Waals surface area contributed by atoms with Gasteiger partial charge in [-0.15, -0.1) is 0 Å². The zero-order chi connectivity index (χ0) is 13.1. The highest BCUT2D eigenvalue weighted by Crippen LogP contribution is 2.23. The Hall–Kier alpha value is -2.69. The molecule has 0 bridgehead atoms. The summed E-state index contributed by atoms with van der Waals surface area (Å²) in [6, 6.07) is 11.6. The lowest BCUT2D eigenvalue weighted by Gasteiger charge is -2.04. The van der Waals surface area contributed by atoms with Gasteiger partial charge in [0.25, 0.3) is 0 Å². The van der Waals surface area contributed by atoms with Crippen LogP contribution in [0.3, 0.4) is 0 Å². The molecule has 0 saturated carbocycles. The maximum atomic E-state index is 5.11. The summed E-state index contributed by atoms with van der Waals surface area (Å²) in [7, 11) is 1.59. The van der Waals surface area contributed by atoms with Gasteiger partial charge in [-0.1, -0.05) is 18.2 Å². The zero-order valence-corrected chi connectivity index (χ0v) is 10.4. The van der Waals surface area contributed by atoms with Crippen LogP contribution in [0.4, 0.5) is 0 Å². The lowest BCUT2D eigenvalue weighted by molar-refractivity contribution is 0.397. The van der Waals surface area contributed by atoms with E-state index < -0.39 is 0 Å². The average molecular weight is 252 g/mol. The molecule has 3 aromatic rings. The van der Waals surface area contributed by atoms with Crippen molar-refractivity contribution in [3.63, 3.8) is 0 Å². The Balaban J connectivity index is 2.03. The van der Waals surface area contributed by atoms with Gasteiger partial charge in [-0.3, -0.25) is 5.10 Å². The molecule has 0 aliphatic rings. The first kappa shape index (κ1) is 11.4. The van der Waals surface area contributed by atoms with Crippen molar-refractivity contribution in [1.29, 1.82) is 0 Å². The summed E-state index contributed by atoms with van der Waals surface area (Å²) in [6.07, 6.45) is 3.41. The lowest BCUT2D eigenvalue weighted by Crippen LogP contribution is -1.93. The monoisotopic (exact) mass is 252 g/mol. The van der Waals surface area contributed by atoms with Crippen LogP contribution in [0.25, 0.3) is 22.6 Å². The number of nitrogens with one attached hydrogen (secondary N) is 1. The number of ether oxygens (including phenoxy) is 1. The van der Waals surface area contributed by atoms with Gasteiger partial charge in [0.15, 0.2) is 5.82 Å². The maximum Gasteiger partial charge on any atom is 0.216 e. The Morgan fingerprint density at radius 1 is 1.05 bits per heavy atom. The predicted octanol–water partition coefficient (Wildman–Crippen LogP) is 2.54. The molecule has 1 N–H and O–H groups in total. The van der Waals surface area contributed by atoms with Gasteiger partial charge in [0, 0.05) is 29.6 Å². The molecule has 0 atom stereocenters. The molecule has 94 valence electrons. The van der Waals surface area contributed by atoms with Gasteiger partial charge in [-0.05, 0) is 12.1 Å². The number of nitrogens with zero attached hydrogens (tertiary/aromatic N) is 3. The first-order valence-corrected chi connectivity index (χ1v) is 5.84. The van der Waals surface area contributed by atoms with Crippen LogP contribution in [-0.2, 0) is 0 Å². The van der Waals surface area contributed by atoms with Gasteiger partial charge in [0.2, 0.25) is 5.88 Å². The van der Waals surface area contributed by atoms with E-state index in [1.165, 1.54) is 0 Å². The van der Waals surface area contributed by atoms with Crippen LogP contribution in [0.2, 0.25) is 0 Å². The quantitative estimate of drug-likeness (QED) is 0.778. The summed E-state index contributed by atoms with van der Waals surface area (Å²) in [5, 5.41) is 6.89. The predicted molar refractivity (Wildman–Crippen MR) is 71.6 cm³/mol. The van der Waals surface area contributed by atoms with Crippen LogP contribution in [0, 0.1) is 0 Å². The number of H-pyrrole nitrogens is 1. The fraction of sp³-hybridized carbons (Fsp3) is 0.0714. The third-order valence-corrected chi connectivity index (χ3v) is 2.77. The number of aromatic amines is 1. The van der Waals surface area contributed by atoms with Crippen molar-refractivity contribution in [2.45, 2.75) is 0 Å². The average Bonchev–Trinajstić information content (AvgIpc) is 3.02. The molecule has 19 heavy (non-hydrogen) atoms. The van der Waals surface area contributed by atoms with Crippen LogP contribution in [-0.4, -0.2) is 27.3 Å². The number of hydrogen-bond acceptors (Lipinski definition) is 4. The second kappa shape index (κ2) is 4.89. The molecule has 2 heterocycles. The van der Waals surface area contributed by atoms with Gasteiger partial charge in [0.05, 0.1) is 12.8 Å². The summed E-state index contributed by atoms with van der Waals surface area (Å²) >= 11 is 0. The molecule has 0 aliphatic carbocycles. The van der Waals surface area contributed by atoms with E-state index >= 15 is 0 Å². The van der Waals surface area contributed by atoms with Crippen LogP contribution < -0.4 is 4.74 Å². The second-order valence-corrected chi connectivity index (χ2v) is 3.97. The standard InChI is InChI=1S/C14H12N4O/c1-19-13-6-7-15-14(17-13)11-4-2-3-10(9-11)12-5-8-16-18-12/h2-9H,1H3,(H,16,18). The van der Waals surface area contributed by atoms with Crippen molar-refractivity contribution in [2.24, 2.45) is 0 Å². The smallest absolute Gasteiger partial charge is 0.216 e. The van der Waals surface area contributed by atoms with E-state index in [2.05, 4.69) is 20.2 Å². The van der Waals surface area contributed by atoms with E-state index in [-0.39, 0.29) is 0 Å². The van der Waals surface area contributed by atoms with Crippen molar-refractivity contribution in [2.75, 3.05) is 7.11 Å². The van der Waals surface area contributed by atoms with E-state index in [1.54, 1.807) is 25.6 Å². The van der Waals surface area contributed by atoms with Crippen LogP contribution >= 0.6 is 0 Å². The number of methoxy groups -OCH3 is 1. The molecule has 5 heteroatoms. The topological polar surface area (TPSA) is 63.7 Å². The Morgan fingerprint density at radius 2 is 1.95 bits per heavy atom. The highest BCUT2D eigenvalue weighted by molar-refractivity contribution is 5.67. The van der Waals surface area contributed by atoms with Crippen molar-refractivity contribution in [3.05, 3.63) is 48.8 Å². The molecule has 1 aromatic carbocycles. The molecule has 0 spiro atoms. The van der Waals surface area contributed by atoms with Crippen LogP contribution in [0.1, 0.15) is 0 Å². The molecule has 0 amide bonds. The minimum atomic E-state index is 0.553. The molecular formula is C14H12N4O. The summed E-state index contributed by atoms with van der Waals surface area (Å²) in [4.78, 5) is 8.59. The van der Waals surface area contributed by atoms with Gasteiger partial charge < -0.3 is 4.74 Å². The molecule has 0 unspecified atom stereocenters. The van der Waals surface area contributed by atoms with Crippen LogP contribution in [0.15, 0.2) is 48.8 Å². The third-order valence-electron chi connectivity index (χ3n) is 2.77. The summed E-state index contributed by atoms with van der Waals surface area (Å²) in [6.45, 7) is 0. The van der Waals surface area contributed by atoms with E-state index in [0.717, 1.165) is 16.8 Å². The van der Waals surface area contributed by atoms with Crippen molar-refractivity contribution in [3.8, 4) is 28.5 Å². The summed E-state index contributed by atoms with van der Waals surface area (Å²) in [5.41, 5.74) is 2.94.